The van der Waals surface area contributed by atoms with E-state index in [0.29, 0.717) is 11.3 Å². The molecule has 0 aliphatic carbocycles. The van der Waals surface area contributed by atoms with Crippen LogP contribution in [0.25, 0.3) is 0 Å². The van der Waals surface area contributed by atoms with Crippen LogP contribution in [-0.4, -0.2) is 22.9 Å². The highest BCUT2D eigenvalue weighted by atomic mass is 16.4. The van der Waals surface area contributed by atoms with Crippen LogP contribution < -0.4 is 5.32 Å². The van der Waals surface area contributed by atoms with Gasteiger partial charge in [-0.3, -0.25) is 9.59 Å². The molecule has 0 bridgehead atoms. The van der Waals surface area contributed by atoms with Crippen molar-refractivity contribution in [2.75, 3.05) is 5.32 Å². The number of carbonyl (C=O) groups is 2. The van der Waals surface area contributed by atoms with Gasteiger partial charge in [-0.25, -0.2) is 0 Å². The average Bonchev–Trinajstić information content (AvgIpc) is 2.18. The first-order chi connectivity index (χ1) is 7.00. The van der Waals surface area contributed by atoms with Crippen molar-refractivity contribution in [3.63, 3.8) is 0 Å². The summed E-state index contributed by atoms with van der Waals surface area (Å²) in [6.07, 6.45) is 0. The molecule has 0 radical (unpaired) electrons. The number of rotatable bonds is 4. The minimum absolute atomic E-state index is 0.0402. The predicted octanol–water partition coefficient (Wildman–Crippen LogP) is 1.77. The Balaban J connectivity index is 2.82. The van der Waals surface area contributed by atoms with E-state index >= 15 is 0 Å². The molecule has 0 heterocycles. The highest BCUT2D eigenvalue weighted by Crippen LogP contribution is 2.12. The van der Waals surface area contributed by atoms with Crippen molar-refractivity contribution in [1.82, 2.24) is 0 Å². The molecule has 80 valence electrons. The molecule has 0 amide bonds. The molecule has 15 heavy (non-hydrogen) atoms. The molecule has 0 saturated heterocycles. The first kappa shape index (κ1) is 11.2. The van der Waals surface area contributed by atoms with Crippen molar-refractivity contribution in [1.29, 1.82) is 0 Å². The van der Waals surface area contributed by atoms with Gasteiger partial charge in [0, 0.05) is 11.3 Å². The van der Waals surface area contributed by atoms with Crippen molar-refractivity contribution in [3.05, 3.63) is 29.8 Å². The summed E-state index contributed by atoms with van der Waals surface area (Å²) in [7, 11) is 0. The van der Waals surface area contributed by atoms with Gasteiger partial charge in [-0.1, -0.05) is 12.1 Å². The summed E-state index contributed by atoms with van der Waals surface area (Å²) in [6.45, 7) is 3.02. The molecular weight excluding hydrogens is 194 g/mol. The number of anilines is 1. The number of Topliss-reactive ketones (excluding diaryl/α,β-unsaturated/α-hetero) is 1. The zero-order valence-electron chi connectivity index (χ0n) is 8.65. The van der Waals surface area contributed by atoms with Crippen LogP contribution >= 0.6 is 0 Å². The predicted molar refractivity (Wildman–Crippen MR) is 57.2 cm³/mol. The molecule has 0 aliphatic heterocycles. The Labute approximate surface area is 87.9 Å². The fourth-order valence-electron chi connectivity index (χ4n) is 1.14. The van der Waals surface area contributed by atoms with Crippen LogP contribution in [0.3, 0.4) is 0 Å². The van der Waals surface area contributed by atoms with Crippen molar-refractivity contribution in [2.45, 2.75) is 19.9 Å². The van der Waals surface area contributed by atoms with Gasteiger partial charge in [-0.15, -0.1) is 0 Å². The van der Waals surface area contributed by atoms with Gasteiger partial charge in [0.05, 0.1) is 0 Å². The fraction of sp³-hybridized carbons (Fsp3) is 0.273. The van der Waals surface area contributed by atoms with Crippen LogP contribution in [0.2, 0.25) is 0 Å². The topological polar surface area (TPSA) is 66.4 Å². The minimum atomic E-state index is -0.928. The Morgan fingerprint density at radius 2 is 2.07 bits per heavy atom. The first-order valence-electron chi connectivity index (χ1n) is 4.61. The largest absolute Gasteiger partial charge is 0.480 e. The summed E-state index contributed by atoms with van der Waals surface area (Å²) in [5.74, 6) is -0.968. The number of hydrogen-bond acceptors (Lipinski definition) is 3. The number of aliphatic carboxylic acids is 1. The Kier molecular flexibility index (Phi) is 3.44. The van der Waals surface area contributed by atoms with Gasteiger partial charge >= 0.3 is 5.97 Å². The van der Waals surface area contributed by atoms with Crippen LogP contribution in [0.4, 0.5) is 5.69 Å². The quantitative estimate of drug-likeness (QED) is 0.738. The van der Waals surface area contributed by atoms with Gasteiger partial charge in [0.2, 0.25) is 0 Å². The molecule has 0 fully saturated rings. The summed E-state index contributed by atoms with van der Waals surface area (Å²) in [5, 5.41) is 11.5. The van der Waals surface area contributed by atoms with E-state index in [1.807, 2.05) is 0 Å². The van der Waals surface area contributed by atoms with Gasteiger partial charge in [0.25, 0.3) is 0 Å². The lowest BCUT2D eigenvalue weighted by atomic mass is 10.1. The van der Waals surface area contributed by atoms with Crippen LogP contribution in [0, 0.1) is 0 Å². The molecule has 1 rings (SSSR count). The number of nitrogens with one attached hydrogen (secondary N) is 1. The third kappa shape index (κ3) is 3.09. The molecule has 0 saturated carbocycles. The van der Waals surface area contributed by atoms with Gasteiger partial charge in [-0.05, 0) is 26.0 Å². The summed E-state index contributed by atoms with van der Waals surface area (Å²) >= 11 is 0. The lowest BCUT2D eigenvalue weighted by molar-refractivity contribution is -0.137. The van der Waals surface area contributed by atoms with Crippen LogP contribution in [-0.2, 0) is 4.79 Å². The highest BCUT2D eigenvalue weighted by molar-refractivity contribution is 5.95. The molecule has 0 aliphatic rings. The first-order valence-corrected chi connectivity index (χ1v) is 4.61. The van der Waals surface area contributed by atoms with E-state index in [1.54, 1.807) is 31.2 Å². The molecule has 4 heteroatoms. The lowest BCUT2D eigenvalue weighted by Crippen LogP contribution is -2.25. The Morgan fingerprint density at radius 1 is 1.40 bits per heavy atom. The van der Waals surface area contributed by atoms with Crippen LogP contribution in [0.5, 0.6) is 0 Å². The van der Waals surface area contributed by atoms with Gasteiger partial charge < -0.3 is 10.4 Å². The standard InChI is InChI=1S/C11H13NO3/c1-7(11(14)15)12-10-5-3-4-9(6-10)8(2)13/h3-7,12H,1-2H3,(H,14,15). The molecule has 4 nitrogen and oxygen atoms in total. The average molecular weight is 207 g/mol. The van der Waals surface area contributed by atoms with Gasteiger partial charge in [0.1, 0.15) is 6.04 Å². The molecule has 1 atom stereocenters. The second kappa shape index (κ2) is 4.59. The maximum absolute atomic E-state index is 11.1. The molecule has 0 aromatic heterocycles. The molecule has 1 aromatic rings. The maximum atomic E-state index is 11.1. The molecule has 0 spiro atoms. The fourth-order valence-corrected chi connectivity index (χ4v) is 1.14. The summed E-state index contributed by atoms with van der Waals surface area (Å²) < 4.78 is 0. The third-order valence-corrected chi connectivity index (χ3v) is 2.02. The van der Waals surface area contributed by atoms with E-state index in [9.17, 15) is 9.59 Å². The number of hydrogen-bond donors (Lipinski definition) is 2. The normalized spacial score (nSPS) is 11.9. The maximum Gasteiger partial charge on any atom is 0.325 e. The zero-order chi connectivity index (χ0) is 11.4. The van der Waals surface area contributed by atoms with Crippen molar-refractivity contribution in [3.8, 4) is 0 Å². The lowest BCUT2D eigenvalue weighted by Gasteiger charge is -2.11. The molecule has 1 unspecified atom stereocenters. The second-order valence-electron chi connectivity index (χ2n) is 3.34. The number of carboxylic acids is 1. The van der Waals surface area contributed by atoms with Crippen LogP contribution in [0.1, 0.15) is 24.2 Å². The Bertz CT molecular complexity index is 387. The van der Waals surface area contributed by atoms with E-state index in [1.165, 1.54) is 6.92 Å². The molecule has 2 N–H and O–H groups in total. The monoisotopic (exact) mass is 207 g/mol. The van der Waals surface area contributed by atoms with E-state index in [2.05, 4.69) is 5.32 Å². The minimum Gasteiger partial charge on any atom is -0.480 e. The van der Waals surface area contributed by atoms with Crippen molar-refractivity contribution < 1.29 is 14.7 Å². The smallest absolute Gasteiger partial charge is 0.325 e. The van der Waals surface area contributed by atoms with Crippen molar-refractivity contribution in [2.24, 2.45) is 0 Å². The van der Waals surface area contributed by atoms with Gasteiger partial charge in [0.15, 0.2) is 5.78 Å². The van der Waals surface area contributed by atoms with E-state index in [4.69, 9.17) is 5.11 Å². The Morgan fingerprint density at radius 3 is 2.60 bits per heavy atom. The summed E-state index contributed by atoms with van der Waals surface area (Å²) in [6, 6.07) is 6.10. The number of carbonyl (C=O) groups excluding carboxylic acids is 1. The van der Waals surface area contributed by atoms with Crippen LogP contribution in [0.15, 0.2) is 24.3 Å². The van der Waals surface area contributed by atoms with E-state index < -0.39 is 12.0 Å². The number of carboxylic acid groups (broad SMARTS) is 1. The molecular formula is C11H13NO3. The number of benzene rings is 1. The zero-order valence-corrected chi connectivity index (χ0v) is 8.65. The highest BCUT2D eigenvalue weighted by Gasteiger charge is 2.10. The third-order valence-electron chi connectivity index (χ3n) is 2.02. The summed E-state index contributed by atoms with van der Waals surface area (Å²) in [5.41, 5.74) is 1.20. The van der Waals surface area contributed by atoms with Crippen molar-refractivity contribution >= 4 is 17.4 Å². The second-order valence-corrected chi connectivity index (χ2v) is 3.34. The number of ketones is 1. The molecule has 1 aromatic carbocycles. The SMILES string of the molecule is CC(=O)c1cccc(NC(C)C(=O)O)c1. The van der Waals surface area contributed by atoms with Gasteiger partial charge in [-0.2, -0.15) is 0 Å². The summed E-state index contributed by atoms with van der Waals surface area (Å²) in [4.78, 5) is 21.7. The van der Waals surface area contributed by atoms with E-state index in [-0.39, 0.29) is 5.78 Å². The Hall–Kier alpha value is -1.84. The van der Waals surface area contributed by atoms with E-state index in [0.717, 1.165) is 0 Å².